The van der Waals surface area contributed by atoms with Crippen LogP contribution in [0.2, 0.25) is 0 Å². The van der Waals surface area contributed by atoms with Crippen LogP contribution in [0.15, 0.2) is 36.5 Å². The summed E-state index contributed by atoms with van der Waals surface area (Å²) in [6.45, 7) is 0. The summed E-state index contributed by atoms with van der Waals surface area (Å²) in [5.74, 6) is 1.32. The van der Waals surface area contributed by atoms with Crippen LogP contribution in [0, 0.1) is 0 Å². The molecule has 0 spiro atoms. The Labute approximate surface area is 118 Å². The van der Waals surface area contributed by atoms with Gasteiger partial charge in [-0.05, 0) is 25.0 Å². The molecule has 1 aromatic carbocycles. The first-order chi connectivity index (χ1) is 9.90. The van der Waals surface area contributed by atoms with Crippen LogP contribution < -0.4 is 10.6 Å². The van der Waals surface area contributed by atoms with Crippen molar-refractivity contribution in [3.8, 4) is 0 Å². The third kappa shape index (κ3) is 3.44. The van der Waals surface area contributed by atoms with Gasteiger partial charge in [0.2, 0.25) is 5.95 Å². The maximum Gasteiger partial charge on any atom is 0.249 e. The molecule has 0 saturated heterocycles. The number of hydrogen-bond donors (Lipinski definition) is 2. The van der Waals surface area contributed by atoms with Crippen molar-refractivity contribution in [2.75, 3.05) is 10.6 Å². The van der Waals surface area contributed by atoms with E-state index in [4.69, 9.17) is 0 Å². The fraction of sp³-hybridized carbons (Fsp3) is 0.400. The Morgan fingerprint density at radius 1 is 1.00 bits per heavy atom. The van der Waals surface area contributed by atoms with Crippen LogP contribution in [0.3, 0.4) is 0 Å². The molecule has 1 heterocycles. The lowest BCUT2D eigenvalue weighted by molar-refractivity contribution is 0.461. The van der Waals surface area contributed by atoms with Crippen molar-refractivity contribution in [1.82, 2.24) is 15.2 Å². The number of benzene rings is 1. The largest absolute Gasteiger partial charge is 0.366 e. The molecule has 1 aromatic heterocycles. The van der Waals surface area contributed by atoms with E-state index in [2.05, 4.69) is 25.8 Å². The molecule has 0 aliphatic heterocycles. The van der Waals surface area contributed by atoms with Gasteiger partial charge < -0.3 is 10.6 Å². The Balaban J connectivity index is 1.66. The lowest BCUT2D eigenvalue weighted by Gasteiger charge is -2.23. The fourth-order valence-corrected chi connectivity index (χ4v) is 2.53. The van der Waals surface area contributed by atoms with E-state index in [1.54, 1.807) is 6.20 Å². The Morgan fingerprint density at radius 2 is 1.80 bits per heavy atom. The van der Waals surface area contributed by atoms with E-state index in [1.807, 2.05) is 30.3 Å². The predicted molar refractivity (Wildman–Crippen MR) is 80.0 cm³/mol. The molecule has 5 nitrogen and oxygen atoms in total. The predicted octanol–water partition coefficient (Wildman–Crippen LogP) is 3.36. The van der Waals surface area contributed by atoms with Crippen LogP contribution in [-0.2, 0) is 0 Å². The summed E-state index contributed by atoms with van der Waals surface area (Å²) in [6, 6.07) is 10.4. The Morgan fingerprint density at radius 3 is 2.60 bits per heavy atom. The van der Waals surface area contributed by atoms with E-state index in [1.165, 1.54) is 32.1 Å². The molecule has 0 bridgehead atoms. The average molecular weight is 269 g/mol. The Bertz CT molecular complexity index is 537. The molecule has 5 heteroatoms. The minimum Gasteiger partial charge on any atom is -0.366 e. The minimum atomic E-state index is 0.519. The zero-order valence-electron chi connectivity index (χ0n) is 11.4. The van der Waals surface area contributed by atoms with Crippen LogP contribution in [-0.4, -0.2) is 21.2 Å². The number of anilines is 3. The Hall–Kier alpha value is -2.17. The van der Waals surface area contributed by atoms with Gasteiger partial charge in [-0.25, -0.2) is 0 Å². The number of nitrogens with zero attached hydrogens (tertiary/aromatic N) is 3. The molecular weight excluding hydrogens is 250 g/mol. The molecule has 3 rings (SSSR count). The summed E-state index contributed by atoms with van der Waals surface area (Å²) in [5.41, 5.74) is 0.962. The Kier molecular flexibility index (Phi) is 4.06. The standard InChI is InChI=1S/C15H19N5/c1-3-7-12(8-4-1)17-14-11-16-20-15(19-14)18-13-9-5-2-6-10-13/h2,5-6,9-12H,1,3-4,7-8H2,(H2,17,18,19,20). The maximum atomic E-state index is 4.47. The topological polar surface area (TPSA) is 62.7 Å². The SMILES string of the molecule is c1ccc(Nc2nncc(NC3CCCCC3)n2)cc1. The van der Waals surface area contributed by atoms with E-state index in [9.17, 15) is 0 Å². The van der Waals surface area contributed by atoms with Crippen molar-refractivity contribution < 1.29 is 0 Å². The van der Waals surface area contributed by atoms with Gasteiger partial charge in [0.15, 0.2) is 5.82 Å². The molecule has 1 saturated carbocycles. The van der Waals surface area contributed by atoms with Crippen molar-refractivity contribution in [3.05, 3.63) is 36.5 Å². The van der Waals surface area contributed by atoms with Crippen molar-refractivity contribution in [3.63, 3.8) is 0 Å². The van der Waals surface area contributed by atoms with Crippen LogP contribution in [0.5, 0.6) is 0 Å². The lowest BCUT2D eigenvalue weighted by Crippen LogP contribution is -2.23. The second-order valence-corrected chi connectivity index (χ2v) is 5.14. The van der Waals surface area contributed by atoms with Gasteiger partial charge >= 0.3 is 0 Å². The van der Waals surface area contributed by atoms with Gasteiger partial charge in [-0.2, -0.15) is 10.1 Å². The quantitative estimate of drug-likeness (QED) is 0.891. The van der Waals surface area contributed by atoms with Crippen molar-refractivity contribution in [2.45, 2.75) is 38.1 Å². The third-order valence-electron chi connectivity index (χ3n) is 3.55. The van der Waals surface area contributed by atoms with Crippen molar-refractivity contribution in [2.24, 2.45) is 0 Å². The fourth-order valence-electron chi connectivity index (χ4n) is 2.53. The summed E-state index contributed by atoms with van der Waals surface area (Å²) < 4.78 is 0. The highest BCUT2D eigenvalue weighted by Crippen LogP contribution is 2.21. The third-order valence-corrected chi connectivity index (χ3v) is 3.55. The van der Waals surface area contributed by atoms with Crippen LogP contribution in [0.4, 0.5) is 17.5 Å². The van der Waals surface area contributed by atoms with Gasteiger partial charge in [-0.1, -0.05) is 37.5 Å². The summed E-state index contributed by atoms with van der Waals surface area (Å²) in [5, 5.41) is 14.6. The summed E-state index contributed by atoms with van der Waals surface area (Å²) in [6.07, 6.45) is 8.05. The van der Waals surface area contributed by atoms with Crippen LogP contribution in [0.25, 0.3) is 0 Å². The molecule has 1 fully saturated rings. The van der Waals surface area contributed by atoms with Gasteiger partial charge in [-0.15, -0.1) is 5.10 Å². The van der Waals surface area contributed by atoms with Crippen molar-refractivity contribution >= 4 is 17.5 Å². The molecule has 2 aromatic rings. The van der Waals surface area contributed by atoms with Gasteiger partial charge in [0.1, 0.15) is 0 Å². The zero-order chi connectivity index (χ0) is 13.6. The number of rotatable bonds is 4. The van der Waals surface area contributed by atoms with Crippen LogP contribution >= 0.6 is 0 Å². The molecule has 2 N–H and O–H groups in total. The molecule has 0 atom stereocenters. The summed E-state index contributed by atoms with van der Waals surface area (Å²) >= 11 is 0. The first-order valence-electron chi connectivity index (χ1n) is 7.18. The summed E-state index contributed by atoms with van der Waals surface area (Å²) in [7, 11) is 0. The minimum absolute atomic E-state index is 0.519. The monoisotopic (exact) mass is 269 g/mol. The maximum absolute atomic E-state index is 4.47. The molecule has 1 aliphatic rings. The highest BCUT2D eigenvalue weighted by molar-refractivity contribution is 5.53. The number of para-hydroxylation sites is 1. The first-order valence-corrected chi connectivity index (χ1v) is 7.18. The molecule has 1 aliphatic carbocycles. The van der Waals surface area contributed by atoms with Gasteiger partial charge in [0, 0.05) is 11.7 Å². The lowest BCUT2D eigenvalue weighted by atomic mass is 9.96. The first kappa shape index (κ1) is 12.8. The van der Waals surface area contributed by atoms with Crippen molar-refractivity contribution in [1.29, 1.82) is 0 Å². The molecule has 0 radical (unpaired) electrons. The summed E-state index contributed by atoms with van der Waals surface area (Å²) in [4.78, 5) is 4.47. The molecular formula is C15H19N5. The zero-order valence-corrected chi connectivity index (χ0v) is 11.4. The van der Waals surface area contributed by atoms with Gasteiger partial charge in [0.25, 0.3) is 0 Å². The molecule has 0 unspecified atom stereocenters. The number of nitrogens with one attached hydrogen (secondary N) is 2. The van der Waals surface area contributed by atoms with E-state index >= 15 is 0 Å². The van der Waals surface area contributed by atoms with E-state index < -0.39 is 0 Å². The highest BCUT2D eigenvalue weighted by Gasteiger charge is 2.13. The second-order valence-electron chi connectivity index (χ2n) is 5.14. The van der Waals surface area contributed by atoms with E-state index in [-0.39, 0.29) is 0 Å². The van der Waals surface area contributed by atoms with E-state index in [0.717, 1.165) is 11.5 Å². The second kappa shape index (κ2) is 6.32. The van der Waals surface area contributed by atoms with Gasteiger partial charge in [0.05, 0.1) is 6.20 Å². The number of aromatic nitrogens is 3. The average Bonchev–Trinajstić information content (AvgIpc) is 2.50. The molecule has 20 heavy (non-hydrogen) atoms. The number of hydrogen-bond acceptors (Lipinski definition) is 5. The smallest absolute Gasteiger partial charge is 0.249 e. The van der Waals surface area contributed by atoms with E-state index in [0.29, 0.717) is 12.0 Å². The normalized spacial score (nSPS) is 15.8. The molecule has 104 valence electrons. The van der Waals surface area contributed by atoms with Crippen LogP contribution in [0.1, 0.15) is 32.1 Å². The molecule has 0 amide bonds. The van der Waals surface area contributed by atoms with Gasteiger partial charge in [-0.3, -0.25) is 0 Å². The highest BCUT2D eigenvalue weighted by atomic mass is 15.3.